The lowest BCUT2D eigenvalue weighted by Crippen LogP contribution is -2.48. The van der Waals surface area contributed by atoms with Crippen LogP contribution in [0.25, 0.3) is 0 Å². The minimum atomic E-state index is -0.0554. The van der Waals surface area contributed by atoms with E-state index in [9.17, 15) is 4.79 Å². The normalized spacial score (nSPS) is 22.5. The Balaban J connectivity index is 1.97. The Bertz CT molecular complexity index is 468. The topological polar surface area (TPSA) is 63.1 Å². The molecule has 0 aromatic carbocycles. The van der Waals surface area contributed by atoms with Crippen LogP contribution in [0, 0.1) is 11.8 Å². The van der Waals surface area contributed by atoms with Gasteiger partial charge in [-0.15, -0.1) is 0 Å². The molecule has 2 heterocycles. The van der Waals surface area contributed by atoms with Crippen LogP contribution in [0.1, 0.15) is 32.5 Å². The standard InChI is InChI=1S/C15H27N5O/c1-11(2)9-20-14(17-10-18-20)8-12-5-6-16-13(7-12)15(21)19(3)4/h10-13,16H,5-9H2,1-4H3. The SMILES string of the molecule is CC(C)Cn1ncnc1CC1CCNC(C(=O)N(C)C)C1. The Labute approximate surface area is 126 Å². The summed E-state index contributed by atoms with van der Waals surface area (Å²) in [5.41, 5.74) is 0. The van der Waals surface area contributed by atoms with Crippen molar-refractivity contribution in [3.8, 4) is 0 Å². The van der Waals surface area contributed by atoms with Gasteiger partial charge in [0.1, 0.15) is 12.2 Å². The largest absolute Gasteiger partial charge is 0.347 e. The van der Waals surface area contributed by atoms with Gasteiger partial charge in [0, 0.05) is 27.1 Å². The maximum atomic E-state index is 12.1. The first-order valence-corrected chi connectivity index (χ1v) is 7.78. The monoisotopic (exact) mass is 293 g/mol. The molecule has 0 bridgehead atoms. The highest BCUT2D eigenvalue weighted by atomic mass is 16.2. The molecular formula is C15H27N5O. The molecule has 1 aromatic heterocycles. The molecule has 1 amide bonds. The number of hydrogen-bond acceptors (Lipinski definition) is 4. The maximum Gasteiger partial charge on any atom is 0.239 e. The number of carbonyl (C=O) groups excluding carboxylic acids is 1. The van der Waals surface area contributed by atoms with Gasteiger partial charge in [-0.05, 0) is 31.2 Å². The van der Waals surface area contributed by atoms with Crippen molar-refractivity contribution >= 4 is 5.91 Å². The summed E-state index contributed by atoms with van der Waals surface area (Å²) in [4.78, 5) is 18.2. The first-order valence-electron chi connectivity index (χ1n) is 7.78. The van der Waals surface area contributed by atoms with Crippen molar-refractivity contribution in [2.45, 2.75) is 45.7 Å². The molecule has 0 spiro atoms. The zero-order chi connectivity index (χ0) is 15.4. The van der Waals surface area contributed by atoms with E-state index in [2.05, 4.69) is 29.2 Å². The summed E-state index contributed by atoms with van der Waals surface area (Å²) in [6.07, 6.45) is 4.52. The van der Waals surface area contributed by atoms with Crippen molar-refractivity contribution < 1.29 is 4.79 Å². The quantitative estimate of drug-likeness (QED) is 0.877. The van der Waals surface area contributed by atoms with Crippen molar-refractivity contribution in [2.24, 2.45) is 11.8 Å². The van der Waals surface area contributed by atoms with Crippen molar-refractivity contribution in [2.75, 3.05) is 20.6 Å². The van der Waals surface area contributed by atoms with E-state index in [1.807, 2.05) is 18.8 Å². The van der Waals surface area contributed by atoms with Gasteiger partial charge in [-0.1, -0.05) is 13.8 Å². The third-order valence-electron chi connectivity index (χ3n) is 3.96. The number of rotatable bonds is 5. The van der Waals surface area contributed by atoms with Crippen LogP contribution < -0.4 is 5.32 Å². The van der Waals surface area contributed by atoms with Crippen LogP contribution >= 0.6 is 0 Å². The number of piperidine rings is 1. The van der Waals surface area contributed by atoms with Crippen LogP contribution in [-0.2, 0) is 17.8 Å². The highest BCUT2D eigenvalue weighted by Crippen LogP contribution is 2.21. The van der Waals surface area contributed by atoms with E-state index in [0.29, 0.717) is 11.8 Å². The number of amides is 1. The third-order valence-corrected chi connectivity index (χ3v) is 3.96. The summed E-state index contributed by atoms with van der Waals surface area (Å²) in [5.74, 6) is 2.27. The van der Waals surface area contributed by atoms with Gasteiger partial charge in [0.25, 0.3) is 0 Å². The number of aromatic nitrogens is 3. The highest BCUT2D eigenvalue weighted by molar-refractivity contribution is 5.81. The molecule has 6 heteroatoms. The number of nitrogens with one attached hydrogen (secondary N) is 1. The number of hydrogen-bond donors (Lipinski definition) is 1. The van der Waals surface area contributed by atoms with Gasteiger partial charge in [-0.3, -0.25) is 4.79 Å². The average molecular weight is 293 g/mol. The Kier molecular flexibility index (Phi) is 5.33. The molecule has 21 heavy (non-hydrogen) atoms. The van der Waals surface area contributed by atoms with Crippen LogP contribution in [-0.4, -0.2) is 52.3 Å². The number of carbonyl (C=O) groups is 1. The van der Waals surface area contributed by atoms with Crippen LogP contribution in [0.5, 0.6) is 0 Å². The van der Waals surface area contributed by atoms with Gasteiger partial charge >= 0.3 is 0 Å². The second-order valence-electron chi connectivity index (χ2n) is 6.59. The van der Waals surface area contributed by atoms with Gasteiger partial charge in [0.15, 0.2) is 0 Å². The van der Waals surface area contributed by atoms with Gasteiger partial charge in [-0.2, -0.15) is 5.10 Å². The molecule has 2 unspecified atom stereocenters. The van der Waals surface area contributed by atoms with Crippen molar-refractivity contribution in [3.05, 3.63) is 12.2 Å². The molecule has 1 aliphatic heterocycles. The average Bonchev–Trinajstić information content (AvgIpc) is 2.84. The molecule has 1 aromatic rings. The van der Waals surface area contributed by atoms with E-state index >= 15 is 0 Å². The zero-order valence-corrected chi connectivity index (χ0v) is 13.5. The molecule has 0 saturated carbocycles. The lowest BCUT2D eigenvalue weighted by molar-refractivity contribution is -0.131. The van der Waals surface area contributed by atoms with Crippen molar-refractivity contribution in [1.82, 2.24) is 25.0 Å². The summed E-state index contributed by atoms with van der Waals surface area (Å²) < 4.78 is 2.01. The van der Waals surface area contributed by atoms with E-state index < -0.39 is 0 Å². The molecular weight excluding hydrogens is 266 g/mol. The predicted molar refractivity (Wildman–Crippen MR) is 81.8 cm³/mol. The van der Waals surface area contributed by atoms with Crippen LogP contribution in [0.2, 0.25) is 0 Å². The minimum Gasteiger partial charge on any atom is -0.347 e. The number of likely N-dealkylation sites (N-methyl/N-ethyl adjacent to an activating group) is 1. The van der Waals surface area contributed by atoms with Crippen LogP contribution in [0.15, 0.2) is 6.33 Å². The predicted octanol–water partition coefficient (Wildman–Crippen LogP) is 0.933. The smallest absolute Gasteiger partial charge is 0.239 e. The first-order chi connectivity index (χ1) is 9.97. The van der Waals surface area contributed by atoms with Gasteiger partial charge in [-0.25, -0.2) is 9.67 Å². The summed E-state index contributed by atoms with van der Waals surface area (Å²) >= 11 is 0. The molecule has 1 saturated heterocycles. The van der Waals surface area contributed by atoms with E-state index in [1.165, 1.54) is 0 Å². The molecule has 0 aliphatic carbocycles. The van der Waals surface area contributed by atoms with E-state index in [4.69, 9.17) is 0 Å². The summed E-state index contributed by atoms with van der Waals surface area (Å²) in [6, 6.07) is -0.0554. The molecule has 0 radical (unpaired) electrons. The van der Waals surface area contributed by atoms with E-state index in [1.54, 1.807) is 11.2 Å². The fourth-order valence-corrected chi connectivity index (χ4v) is 2.88. The van der Waals surface area contributed by atoms with Crippen LogP contribution in [0.4, 0.5) is 0 Å². The second kappa shape index (κ2) is 7.02. The Morgan fingerprint density at radius 2 is 2.29 bits per heavy atom. The van der Waals surface area contributed by atoms with Crippen LogP contribution in [0.3, 0.4) is 0 Å². The Morgan fingerprint density at radius 3 is 2.95 bits per heavy atom. The maximum absolute atomic E-state index is 12.1. The fraction of sp³-hybridized carbons (Fsp3) is 0.800. The molecule has 2 atom stereocenters. The van der Waals surface area contributed by atoms with Crippen molar-refractivity contribution in [1.29, 1.82) is 0 Å². The van der Waals surface area contributed by atoms with E-state index in [-0.39, 0.29) is 11.9 Å². The lowest BCUT2D eigenvalue weighted by Gasteiger charge is -2.31. The van der Waals surface area contributed by atoms with Crippen molar-refractivity contribution in [3.63, 3.8) is 0 Å². The second-order valence-corrected chi connectivity index (χ2v) is 6.59. The molecule has 118 valence electrons. The van der Waals surface area contributed by atoms with Gasteiger partial charge in [0.2, 0.25) is 5.91 Å². The minimum absolute atomic E-state index is 0.0554. The summed E-state index contributed by atoms with van der Waals surface area (Å²) in [7, 11) is 3.62. The van der Waals surface area contributed by atoms with Gasteiger partial charge < -0.3 is 10.2 Å². The first kappa shape index (κ1) is 15.9. The molecule has 6 nitrogen and oxygen atoms in total. The van der Waals surface area contributed by atoms with E-state index in [0.717, 1.165) is 38.2 Å². The Hall–Kier alpha value is -1.43. The zero-order valence-electron chi connectivity index (χ0n) is 13.5. The number of nitrogens with zero attached hydrogens (tertiary/aromatic N) is 4. The fourth-order valence-electron chi connectivity index (χ4n) is 2.88. The summed E-state index contributed by atoms with van der Waals surface area (Å²) in [5, 5.41) is 7.64. The molecule has 1 N–H and O–H groups in total. The lowest BCUT2D eigenvalue weighted by atomic mass is 9.89. The third kappa shape index (κ3) is 4.27. The van der Waals surface area contributed by atoms with Gasteiger partial charge in [0.05, 0.1) is 6.04 Å². The molecule has 1 fully saturated rings. The molecule has 1 aliphatic rings. The molecule has 2 rings (SSSR count). The summed E-state index contributed by atoms with van der Waals surface area (Å²) in [6.45, 7) is 6.16. The Morgan fingerprint density at radius 1 is 1.52 bits per heavy atom. The highest BCUT2D eigenvalue weighted by Gasteiger charge is 2.28.